The predicted molar refractivity (Wildman–Crippen MR) is 76.4 cm³/mol. The van der Waals surface area contributed by atoms with E-state index in [1.54, 1.807) is 6.20 Å². The van der Waals surface area contributed by atoms with E-state index in [1.807, 2.05) is 13.0 Å². The lowest BCUT2D eigenvalue weighted by molar-refractivity contribution is 0.0712. The first kappa shape index (κ1) is 14.6. The van der Waals surface area contributed by atoms with Gasteiger partial charge in [-0.25, -0.2) is 9.78 Å². The van der Waals surface area contributed by atoms with Crippen LogP contribution in [0.25, 0.3) is 0 Å². The average Bonchev–Trinajstić information content (AvgIpc) is 2.36. The van der Waals surface area contributed by atoms with Gasteiger partial charge in [0, 0.05) is 38.4 Å². The van der Waals surface area contributed by atoms with Gasteiger partial charge in [0.2, 0.25) is 0 Å². The molecule has 19 heavy (non-hydrogen) atoms. The zero-order valence-corrected chi connectivity index (χ0v) is 12.9. The first-order valence-corrected chi connectivity index (χ1v) is 7.16. The van der Waals surface area contributed by atoms with Crippen molar-refractivity contribution in [3.05, 3.63) is 27.5 Å². The number of pyridine rings is 1. The van der Waals surface area contributed by atoms with Crippen LogP contribution in [-0.2, 0) is 6.54 Å². The van der Waals surface area contributed by atoms with E-state index >= 15 is 0 Å². The molecule has 1 aliphatic rings. The smallest absolute Gasteiger partial charge is 0.407 e. The van der Waals surface area contributed by atoms with Crippen molar-refractivity contribution in [1.29, 1.82) is 0 Å². The molecule has 0 radical (unpaired) electrons. The standard InChI is InChI=1S/C12H15BrClN3O2/c1-8-6-17(12(18)19)3-2-16(8)7-9-4-10(13)11(14)15-5-9/h4-5,8H,2-3,6-7H2,1H3,(H,18,19)/t8-/m0/s1. The molecule has 104 valence electrons. The summed E-state index contributed by atoms with van der Waals surface area (Å²) in [5.74, 6) is 0. The molecule has 0 saturated carbocycles. The molecule has 1 amide bonds. The highest BCUT2D eigenvalue weighted by Gasteiger charge is 2.26. The third-order valence-corrected chi connectivity index (χ3v) is 4.41. The Labute approximate surface area is 125 Å². The molecule has 0 aliphatic carbocycles. The Morgan fingerprint density at radius 2 is 2.37 bits per heavy atom. The summed E-state index contributed by atoms with van der Waals surface area (Å²) in [5.41, 5.74) is 1.06. The Hall–Kier alpha value is -0.850. The van der Waals surface area contributed by atoms with E-state index < -0.39 is 6.09 Å². The maximum Gasteiger partial charge on any atom is 0.407 e. The summed E-state index contributed by atoms with van der Waals surface area (Å²) in [4.78, 5) is 18.7. The van der Waals surface area contributed by atoms with Crippen molar-refractivity contribution in [2.45, 2.75) is 19.5 Å². The molecule has 1 aliphatic heterocycles. The zero-order chi connectivity index (χ0) is 14.0. The van der Waals surface area contributed by atoms with Crippen LogP contribution in [0.15, 0.2) is 16.7 Å². The molecular weight excluding hydrogens is 334 g/mol. The van der Waals surface area contributed by atoms with E-state index in [9.17, 15) is 4.79 Å². The van der Waals surface area contributed by atoms with Gasteiger partial charge in [0.15, 0.2) is 0 Å². The Morgan fingerprint density at radius 3 is 2.95 bits per heavy atom. The van der Waals surface area contributed by atoms with Gasteiger partial charge in [0.1, 0.15) is 5.15 Å². The second-order valence-electron chi connectivity index (χ2n) is 4.66. The second kappa shape index (κ2) is 6.07. The van der Waals surface area contributed by atoms with Crippen molar-refractivity contribution < 1.29 is 9.90 Å². The first-order valence-electron chi connectivity index (χ1n) is 5.99. The number of carboxylic acid groups (broad SMARTS) is 1. The van der Waals surface area contributed by atoms with Gasteiger partial charge in [-0.2, -0.15) is 0 Å². The number of carbonyl (C=O) groups is 1. The topological polar surface area (TPSA) is 56.7 Å². The molecule has 2 heterocycles. The minimum Gasteiger partial charge on any atom is -0.465 e. The van der Waals surface area contributed by atoms with Gasteiger partial charge in [-0.3, -0.25) is 4.90 Å². The van der Waals surface area contributed by atoms with Crippen LogP contribution in [0.3, 0.4) is 0 Å². The highest BCUT2D eigenvalue weighted by Crippen LogP contribution is 2.22. The molecule has 7 heteroatoms. The molecule has 1 aromatic rings. The van der Waals surface area contributed by atoms with Crippen LogP contribution in [0.5, 0.6) is 0 Å². The molecule has 1 fully saturated rings. The SMILES string of the molecule is C[C@H]1CN(C(=O)O)CCN1Cc1cnc(Cl)c(Br)c1. The largest absolute Gasteiger partial charge is 0.465 e. The first-order chi connectivity index (χ1) is 8.97. The Bertz CT molecular complexity index is 486. The molecule has 1 saturated heterocycles. The maximum absolute atomic E-state index is 10.9. The van der Waals surface area contributed by atoms with Crippen molar-refractivity contribution >= 4 is 33.6 Å². The predicted octanol–water partition coefficient (Wildman–Crippen LogP) is 2.68. The molecule has 1 atom stereocenters. The van der Waals surface area contributed by atoms with E-state index in [1.165, 1.54) is 4.90 Å². The summed E-state index contributed by atoms with van der Waals surface area (Å²) in [7, 11) is 0. The third kappa shape index (κ3) is 3.58. The van der Waals surface area contributed by atoms with Gasteiger partial charge in [-0.15, -0.1) is 0 Å². The molecular formula is C12H15BrClN3O2. The van der Waals surface area contributed by atoms with E-state index in [0.29, 0.717) is 18.2 Å². The molecule has 0 spiro atoms. The van der Waals surface area contributed by atoms with Gasteiger partial charge in [0.05, 0.1) is 4.47 Å². The van der Waals surface area contributed by atoms with Gasteiger partial charge >= 0.3 is 6.09 Å². The van der Waals surface area contributed by atoms with Crippen molar-refractivity contribution in [3.63, 3.8) is 0 Å². The van der Waals surface area contributed by atoms with E-state index in [-0.39, 0.29) is 6.04 Å². The third-order valence-electron chi connectivity index (χ3n) is 3.27. The highest BCUT2D eigenvalue weighted by atomic mass is 79.9. The van der Waals surface area contributed by atoms with Crippen LogP contribution in [0.1, 0.15) is 12.5 Å². The summed E-state index contributed by atoms with van der Waals surface area (Å²) in [6.07, 6.45) is 0.908. The van der Waals surface area contributed by atoms with Crippen LogP contribution in [0.2, 0.25) is 5.15 Å². The molecule has 0 aromatic carbocycles. The van der Waals surface area contributed by atoms with Crippen LogP contribution in [0.4, 0.5) is 4.79 Å². The number of nitrogens with zero attached hydrogens (tertiary/aromatic N) is 3. The summed E-state index contributed by atoms with van der Waals surface area (Å²) < 4.78 is 0.781. The lowest BCUT2D eigenvalue weighted by Crippen LogP contribution is -2.52. The number of piperazine rings is 1. The van der Waals surface area contributed by atoms with E-state index in [2.05, 4.69) is 25.8 Å². The fourth-order valence-electron chi connectivity index (χ4n) is 2.19. The van der Waals surface area contributed by atoms with Crippen molar-refractivity contribution in [1.82, 2.24) is 14.8 Å². The molecule has 0 bridgehead atoms. The quantitative estimate of drug-likeness (QED) is 0.835. The highest BCUT2D eigenvalue weighted by molar-refractivity contribution is 9.10. The molecule has 1 N–H and O–H groups in total. The molecule has 1 aromatic heterocycles. The number of aromatic nitrogens is 1. The minimum atomic E-state index is -0.845. The fraction of sp³-hybridized carbons (Fsp3) is 0.500. The Morgan fingerprint density at radius 1 is 1.63 bits per heavy atom. The van der Waals surface area contributed by atoms with Crippen LogP contribution < -0.4 is 0 Å². The normalized spacial score (nSPS) is 20.6. The maximum atomic E-state index is 10.9. The van der Waals surface area contributed by atoms with Crippen LogP contribution in [0, 0.1) is 0 Å². The fourth-order valence-corrected chi connectivity index (χ4v) is 2.69. The Balaban J connectivity index is 2.00. The van der Waals surface area contributed by atoms with Crippen LogP contribution in [-0.4, -0.2) is 51.7 Å². The average molecular weight is 349 g/mol. The summed E-state index contributed by atoms with van der Waals surface area (Å²) in [6, 6.07) is 2.14. The lowest BCUT2D eigenvalue weighted by atomic mass is 10.1. The van der Waals surface area contributed by atoms with Gasteiger partial charge < -0.3 is 10.0 Å². The van der Waals surface area contributed by atoms with Gasteiger partial charge in [0.25, 0.3) is 0 Å². The number of hydrogen-bond acceptors (Lipinski definition) is 3. The lowest BCUT2D eigenvalue weighted by Gasteiger charge is -2.38. The van der Waals surface area contributed by atoms with Crippen molar-refractivity contribution in [2.75, 3.05) is 19.6 Å². The summed E-state index contributed by atoms with van der Waals surface area (Å²) in [5, 5.41) is 9.43. The Kier molecular flexibility index (Phi) is 4.65. The minimum absolute atomic E-state index is 0.194. The second-order valence-corrected chi connectivity index (χ2v) is 5.88. The van der Waals surface area contributed by atoms with E-state index in [4.69, 9.17) is 16.7 Å². The summed E-state index contributed by atoms with van der Waals surface area (Å²) >= 11 is 9.22. The van der Waals surface area contributed by atoms with Crippen molar-refractivity contribution in [2.24, 2.45) is 0 Å². The summed E-state index contributed by atoms with van der Waals surface area (Å²) in [6.45, 7) is 4.60. The number of halogens is 2. The van der Waals surface area contributed by atoms with Gasteiger partial charge in [-0.1, -0.05) is 11.6 Å². The van der Waals surface area contributed by atoms with Crippen LogP contribution >= 0.6 is 27.5 Å². The number of hydrogen-bond donors (Lipinski definition) is 1. The zero-order valence-electron chi connectivity index (χ0n) is 10.5. The van der Waals surface area contributed by atoms with E-state index in [0.717, 1.165) is 23.1 Å². The molecule has 0 unspecified atom stereocenters. The molecule has 2 rings (SSSR count). The van der Waals surface area contributed by atoms with Gasteiger partial charge in [-0.05, 0) is 34.5 Å². The molecule has 5 nitrogen and oxygen atoms in total. The number of rotatable bonds is 2. The monoisotopic (exact) mass is 347 g/mol. The van der Waals surface area contributed by atoms with Crippen molar-refractivity contribution in [3.8, 4) is 0 Å². The number of amides is 1.